The Hall–Kier alpha value is -8.76. The second-order valence-electron chi connectivity index (χ2n) is 19.9. The van der Waals surface area contributed by atoms with Crippen LogP contribution in [-0.2, 0) is 5.41 Å². The van der Waals surface area contributed by atoms with Crippen molar-refractivity contribution in [2.75, 3.05) is 4.90 Å². The maximum absolute atomic E-state index is 7.31. The molecule has 15 rings (SSSR count). The van der Waals surface area contributed by atoms with Crippen molar-refractivity contribution in [1.29, 1.82) is 0 Å². The second kappa shape index (κ2) is 15.6. The number of rotatable bonds is 3. The fourth-order valence-electron chi connectivity index (χ4n) is 12.3. The van der Waals surface area contributed by atoms with Crippen LogP contribution >= 0.6 is 11.3 Å². The maximum Gasteiger partial charge on any atom is 0.159 e. The summed E-state index contributed by atoms with van der Waals surface area (Å²) in [5, 5.41) is 14.6. The van der Waals surface area contributed by atoms with Crippen LogP contribution in [-0.4, -0.2) is 0 Å². The van der Waals surface area contributed by atoms with E-state index in [1.54, 1.807) is 0 Å². The summed E-state index contributed by atoms with van der Waals surface area (Å²) in [7, 11) is 0. The molecular formula is C69H45NOS. The summed E-state index contributed by atoms with van der Waals surface area (Å²) < 4.78 is 9.89. The van der Waals surface area contributed by atoms with E-state index >= 15 is 0 Å². The number of anilines is 3. The van der Waals surface area contributed by atoms with Crippen molar-refractivity contribution in [2.45, 2.75) is 19.3 Å². The highest BCUT2D eigenvalue weighted by molar-refractivity contribution is 7.25. The Kier molecular flexibility index (Phi) is 8.91. The van der Waals surface area contributed by atoms with E-state index in [-0.39, 0.29) is 5.41 Å². The molecule has 12 aromatic carbocycles. The van der Waals surface area contributed by atoms with Crippen molar-refractivity contribution in [3.05, 3.63) is 248 Å². The van der Waals surface area contributed by atoms with E-state index in [0.717, 1.165) is 56.2 Å². The molecule has 0 radical (unpaired) electrons. The number of hydrogen-bond donors (Lipinski definition) is 0. The zero-order valence-corrected chi connectivity index (χ0v) is 40.6. The van der Waals surface area contributed by atoms with Gasteiger partial charge in [0.15, 0.2) is 5.75 Å². The monoisotopic (exact) mass is 935 g/mol. The van der Waals surface area contributed by atoms with E-state index in [1.807, 2.05) is 11.3 Å². The molecule has 72 heavy (non-hydrogen) atoms. The molecule has 3 heteroatoms. The third kappa shape index (κ3) is 6.01. The van der Waals surface area contributed by atoms with Gasteiger partial charge in [-0.2, -0.15) is 0 Å². The van der Waals surface area contributed by atoms with Crippen LogP contribution in [0.25, 0.3) is 107 Å². The Labute approximate surface area is 421 Å². The summed E-state index contributed by atoms with van der Waals surface area (Å²) in [4.78, 5) is 2.45. The van der Waals surface area contributed by atoms with Gasteiger partial charge in [0.05, 0.1) is 5.69 Å². The molecule has 1 aliphatic heterocycles. The molecule has 0 bridgehead atoms. The van der Waals surface area contributed by atoms with Crippen molar-refractivity contribution < 1.29 is 4.74 Å². The van der Waals surface area contributed by atoms with Gasteiger partial charge in [0.1, 0.15) is 5.75 Å². The zero-order chi connectivity index (χ0) is 47.7. The van der Waals surface area contributed by atoms with Crippen molar-refractivity contribution in [1.82, 2.24) is 0 Å². The minimum atomic E-state index is -0.206. The van der Waals surface area contributed by atoms with Gasteiger partial charge in [0.25, 0.3) is 0 Å². The molecule has 0 fully saturated rings. The first kappa shape index (κ1) is 41.1. The highest BCUT2D eigenvalue weighted by atomic mass is 32.1. The van der Waals surface area contributed by atoms with E-state index in [2.05, 4.69) is 255 Å². The summed E-state index contributed by atoms with van der Waals surface area (Å²) in [5.74, 6) is 1.66. The number of thiophene rings is 1. The topological polar surface area (TPSA) is 12.5 Å². The SMILES string of the molecule is CC1(C)c2ccccc2-c2ccc(N(c3ccc4c(c3)c3ccccc3c3ccccc3c3ccccc3c3cc5sc6ccccc6c5cc43)c3cccc4c3Oc3ccccc3-c3ccccc3-4)cc21. The van der Waals surface area contributed by atoms with Gasteiger partial charge in [-0.3, -0.25) is 0 Å². The molecule has 1 aromatic heterocycles. The van der Waals surface area contributed by atoms with Gasteiger partial charge in [0, 0.05) is 48.1 Å². The highest BCUT2D eigenvalue weighted by Crippen LogP contribution is 2.55. The van der Waals surface area contributed by atoms with Crippen molar-refractivity contribution in [3.8, 4) is 44.9 Å². The van der Waals surface area contributed by atoms with Gasteiger partial charge in [-0.1, -0.05) is 196 Å². The molecule has 2 heterocycles. The normalized spacial score (nSPS) is 13.1. The first-order valence-electron chi connectivity index (χ1n) is 24.9. The van der Waals surface area contributed by atoms with Gasteiger partial charge in [-0.25, -0.2) is 0 Å². The van der Waals surface area contributed by atoms with Crippen molar-refractivity contribution in [2.24, 2.45) is 0 Å². The molecular weight excluding hydrogens is 891 g/mol. The summed E-state index contributed by atoms with van der Waals surface area (Å²) >= 11 is 1.88. The first-order valence-corrected chi connectivity index (χ1v) is 25.7. The van der Waals surface area contributed by atoms with Crippen LogP contribution in [0.3, 0.4) is 0 Å². The van der Waals surface area contributed by atoms with Crippen molar-refractivity contribution >= 4 is 102 Å². The quantitative estimate of drug-likeness (QED) is 0.175. The standard InChI is InChI=1S/C69H45NOS/c1-69(2)62-30-14-11-26-53(62)54-37-35-43(39-63(54)69)70(64-31-17-29-57-49-23-8-7-22-48(49)55-27-12-15-32-65(55)71-68(57)64)42-34-36-52-58(38-42)50-24-9-5-20-46(50)44-18-3-4-19-45(44)47-21-6-10-25-51(47)60-41-67-61(40-59(52)60)56-28-13-16-33-66(56)72-67/h3-41H,1-2H3. The van der Waals surface area contributed by atoms with Crippen LogP contribution in [0.5, 0.6) is 11.5 Å². The second-order valence-corrected chi connectivity index (χ2v) is 21.0. The predicted molar refractivity (Wildman–Crippen MR) is 308 cm³/mol. The predicted octanol–water partition coefficient (Wildman–Crippen LogP) is 20.2. The van der Waals surface area contributed by atoms with Gasteiger partial charge < -0.3 is 9.64 Å². The lowest BCUT2D eigenvalue weighted by molar-refractivity contribution is 0.489. The summed E-state index contributed by atoms with van der Waals surface area (Å²) in [5.41, 5.74) is 12.6. The summed E-state index contributed by atoms with van der Waals surface area (Å²) in [6, 6.07) is 87.8. The van der Waals surface area contributed by atoms with Crippen molar-refractivity contribution in [3.63, 3.8) is 0 Å². The lowest BCUT2D eigenvalue weighted by atomic mass is 9.82. The average Bonchev–Trinajstić information content (AvgIpc) is 3.85. The van der Waals surface area contributed by atoms with Crippen LogP contribution < -0.4 is 9.64 Å². The van der Waals surface area contributed by atoms with Gasteiger partial charge in [-0.05, 0) is 142 Å². The molecule has 0 atom stereocenters. The van der Waals surface area contributed by atoms with Crippen LogP contribution in [0.4, 0.5) is 17.1 Å². The maximum atomic E-state index is 7.31. The fraction of sp³-hybridized carbons (Fsp3) is 0.0435. The number of nitrogens with zero attached hydrogens (tertiary/aromatic N) is 1. The molecule has 13 aromatic rings. The Balaban J connectivity index is 1.10. The van der Waals surface area contributed by atoms with E-state index in [1.165, 1.54) is 90.9 Å². The number of benzene rings is 11. The molecule has 1 aliphatic carbocycles. The molecule has 2 aliphatic rings. The molecule has 0 unspecified atom stereocenters. The van der Waals surface area contributed by atoms with Crippen LogP contribution in [0, 0.1) is 0 Å². The van der Waals surface area contributed by atoms with Crippen LogP contribution in [0.1, 0.15) is 25.0 Å². The number of hydrogen-bond acceptors (Lipinski definition) is 3. The molecule has 0 saturated heterocycles. The van der Waals surface area contributed by atoms with Gasteiger partial charge >= 0.3 is 0 Å². The van der Waals surface area contributed by atoms with E-state index < -0.39 is 0 Å². The Bertz CT molecular complexity index is 4540. The van der Waals surface area contributed by atoms with Crippen LogP contribution in [0.15, 0.2) is 237 Å². The van der Waals surface area contributed by atoms with Gasteiger partial charge in [-0.15, -0.1) is 11.3 Å². The third-order valence-corrected chi connectivity index (χ3v) is 16.8. The minimum Gasteiger partial charge on any atom is -0.454 e. The van der Waals surface area contributed by atoms with E-state index in [9.17, 15) is 0 Å². The Morgan fingerprint density at radius 2 is 0.806 bits per heavy atom. The molecule has 2 nitrogen and oxygen atoms in total. The lowest BCUT2D eigenvalue weighted by Gasteiger charge is -2.30. The van der Waals surface area contributed by atoms with E-state index in [4.69, 9.17) is 4.74 Å². The molecule has 0 amide bonds. The largest absolute Gasteiger partial charge is 0.454 e. The highest BCUT2D eigenvalue weighted by Gasteiger charge is 2.36. The third-order valence-electron chi connectivity index (χ3n) is 15.7. The zero-order valence-electron chi connectivity index (χ0n) is 39.8. The summed E-state index contributed by atoms with van der Waals surface area (Å²) in [6.07, 6.45) is 0. The first-order chi connectivity index (χ1) is 35.5. The fourth-order valence-corrected chi connectivity index (χ4v) is 13.5. The Morgan fingerprint density at radius 1 is 0.319 bits per heavy atom. The average molecular weight is 936 g/mol. The molecule has 338 valence electrons. The lowest BCUT2D eigenvalue weighted by Crippen LogP contribution is -2.17. The molecule has 0 saturated carbocycles. The number of ether oxygens (including phenoxy) is 1. The molecule has 0 N–H and O–H groups in total. The van der Waals surface area contributed by atoms with Crippen LogP contribution in [0.2, 0.25) is 0 Å². The molecule has 0 spiro atoms. The van der Waals surface area contributed by atoms with E-state index in [0.29, 0.717) is 0 Å². The summed E-state index contributed by atoms with van der Waals surface area (Å²) in [6.45, 7) is 4.73. The van der Waals surface area contributed by atoms with Gasteiger partial charge in [0.2, 0.25) is 0 Å². The number of para-hydroxylation sites is 2. The number of fused-ring (bicyclic) bond motifs is 21. The minimum absolute atomic E-state index is 0.206. The smallest absolute Gasteiger partial charge is 0.159 e. The Morgan fingerprint density at radius 3 is 1.51 bits per heavy atom.